The maximum absolute atomic E-state index is 12.2. The first-order valence-electron chi connectivity index (χ1n) is 7.71. The van der Waals surface area contributed by atoms with E-state index in [1.165, 1.54) is 0 Å². The molecule has 1 aromatic heterocycles. The van der Waals surface area contributed by atoms with E-state index in [-0.39, 0.29) is 11.8 Å². The summed E-state index contributed by atoms with van der Waals surface area (Å²) in [5, 5.41) is 2.96. The minimum absolute atomic E-state index is 0.00794. The van der Waals surface area contributed by atoms with E-state index in [1.807, 2.05) is 13.8 Å². The molecule has 3 heterocycles. The van der Waals surface area contributed by atoms with Gasteiger partial charge in [-0.2, -0.15) is 0 Å². The zero-order chi connectivity index (χ0) is 15.5. The Balaban J connectivity index is 1.75. The van der Waals surface area contributed by atoms with Crippen molar-refractivity contribution in [1.29, 1.82) is 0 Å². The van der Waals surface area contributed by atoms with E-state index in [1.54, 1.807) is 0 Å². The number of carbonyl (C=O) groups is 1. The standard InChI is InChI=1S/C15H22N4O3/c1-10-13(18-14(20)12-3-6-22-9-12)11(2)17-15(16-10)19-4-7-21-8-5-19/h12H,3-9H2,1-2H3,(H,18,20). The van der Waals surface area contributed by atoms with Crippen LogP contribution in [0.25, 0.3) is 0 Å². The van der Waals surface area contributed by atoms with Gasteiger partial charge in [-0.1, -0.05) is 0 Å². The average Bonchev–Trinajstić information content (AvgIpc) is 3.06. The molecule has 22 heavy (non-hydrogen) atoms. The Bertz CT molecular complexity index is 529. The van der Waals surface area contributed by atoms with Gasteiger partial charge in [-0.25, -0.2) is 9.97 Å². The Morgan fingerprint density at radius 2 is 1.82 bits per heavy atom. The summed E-state index contributed by atoms with van der Waals surface area (Å²) in [6.45, 7) is 7.94. The molecule has 1 amide bonds. The molecule has 120 valence electrons. The smallest absolute Gasteiger partial charge is 0.230 e. The number of anilines is 2. The van der Waals surface area contributed by atoms with Crippen LogP contribution in [-0.2, 0) is 14.3 Å². The summed E-state index contributed by atoms with van der Waals surface area (Å²) < 4.78 is 10.6. The number of aryl methyl sites for hydroxylation is 2. The third-order valence-electron chi connectivity index (χ3n) is 4.10. The van der Waals surface area contributed by atoms with Crippen molar-refractivity contribution < 1.29 is 14.3 Å². The molecule has 2 fully saturated rings. The van der Waals surface area contributed by atoms with Crippen molar-refractivity contribution in [1.82, 2.24) is 9.97 Å². The topological polar surface area (TPSA) is 76.6 Å². The number of ether oxygens (including phenoxy) is 2. The lowest BCUT2D eigenvalue weighted by Gasteiger charge is -2.27. The normalized spacial score (nSPS) is 21.9. The molecule has 2 aliphatic rings. The summed E-state index contributed by atoms with van der Waals surface area (Å²) in [7, 11) is 0. The highest BCUT2D eigenvalue weighted by molar-refractivity contribution is 5.93. The molecule has 0 aromatic carbocycles. The van der Waals surface area contributed by atoms with Crippen LogP contribution >= 0.6 is 0 Å². The molecule has 1 N–H and O–H groups in total. The quantitative estimate of drug-likeness (QED) is 0.894. The minimum atomic E-state index is -0.0716. The molecule has 1 aromatic rings. The molecule has 0 saturated carbocycles. The summed E-state index contributed by atoms with van der Waals surface area (Å²) in [6.07, 6.45) is 0.774. The predicted octanol–water partition coefficient (Wildman–Crippen LogP) is 0.905. The highest BCUT2D eigenvalue weighted by atomic mass is 16.5. The Kier molecular flexibility index (Phi) is 4.54. The number of amides is 1. The van der Waals surface area contributed by atoms with Gasteiger partial charge in [-0.15, -0.1) is 0 Å². The molecule has 7 nitrogen and oxygen atoms in total. The monoisotopic (exact) mass is 306 g/mol. The van der Waals surface area contributed by atoms with Crippen molar-refractivity contribution in [2.45, 2.75) is 20.3 Å². The number of aromatic nitrogens is 2. The molecule has 0 bridgehead atoms. The number of nitrogens with one attached hydrogen (secondary N) is 1. The first-order chi connectivity index (χ1) is 10.6. The summed E-state index contributed by atoms with van der Waals surface area (Å²) in [6, 6.07) is 0. The predicted molar refractivity (Wildman–Crippen MR) is 82.1 cm³/mol. The fraction of sp³-hybridized carbons (Fsp3) is 0.667. The fourth-order valence-corrected chi connectivity index (χ4v) is 2.75. The molecule has 2 saturated heterocycles. The second-order valence-corrected chi connectivity index (χ2v) is 5.72. The molecule has 0 aliphatic carbocycles. The Morgan fingerprint density at radius 1 is 1.14 bits per heavy atom. The Morgan fingerprint density at radius 3 is 2.41 bits per heavy atom. The van der Waals surface area contributed by atoms with Crippen molar-refractivity contribution in [2.24, 2.45) is 5.92 Å². The van der Waals surface area contributed by atoms with Gasteiger partial charge < -0.3 is 19.7 Å². The van der Waals surface area contributed by atoms with Gasteiger partial charge >= 0.3 is 0 Å². The number of nitrogens with zero attached hydrogens (tertiary/aromatic N) is 3. The molecular formula is C15H22N4O3. The molecule has 0 radical (unpaired) electrons. The van der Waals surface area contributed by atoms with E-state index in [2.05, 4.69) is 20.2 Å². The van der Waals surface area contributed by atoms with Crippen LogP contribution in [0.1, 0.15) is 17.8 Å². The third-order valence-corrected chi connectivity index (χ3v) is 4.10. The molecule has 7 heteroatoms. The van der Waals surface area contributed by atoms with E-state index in [0.717, 1.165) is 30.9 Å². The molecule has 3 rings (SSSR count). The fourth-order valence-electron chi connectivity index (χ4n) is 2.75. The van der Waals surface area contributed by atoms with Gasteiger partial charge in [0.1, 0.15) is 0 Å². The highest BCUT2D eigenvalue weighted by Crippen LogP contribution is 2.23. The molecule has 1 atom stereocenters. The Hall–Kier alpha value is -1.73. The first kappa shape index (κ1) is 15.2. The lowest BCUT2D eigenvalue weighted by atomic mass is 10.1. The van der Waals surface area contributed by atoms with E-state index in [0.29, 0.717) is 38.1 Å². The van der Waals surface area contributed by atoms with Crippen molar-refractivity contribution in [3.05, 3.63) is 11.4 Å². The molecular weight excluding hydrogens is 284 g/mol. The number of hydrogen-bond acceptors (Lipinski definition) is 6. The highest BCUT2D eigenvalue weighted by Gasteiger charge is 2.25. The summed E-state index contributed by atoms with van der Waals surface area (Å²) in [5.74, 6) is 0.629. The van der Waals surface area contributed by atoms with E-state index < -0.39 is 0 Å². The largest absolute Gasteiger partial charge is 0.381 e. The molecule has 1 unspecified atom stereocenters. The van der Waals surface area contributed by atoms with Gasteiger partial charge in [0.05, 0.1) is 42.8 Å². The van der Waals surface area contributed by atoms with Gasteiger partial charge in [0.15, 0.2) is 0 Å². The van der Waals surface area contributed by atoms with Gasteiger partial charge in [-0.3, -0.25) is 4.79 Å². The SMILES string of the molecule is Cc1nc(N2CCOCC2)nc(C)c1NC(=O)C1CCOC1. The van der Waals surface area contributed by atoms with Crippen molar-refractivity contribution in [3.8, 4) is 0 Å². The lowest BCUT2D eigenvalue weighted by Crippen LogP contribution is -2.37. The third kappa shape index (κ3) is 3.20. The van der Waals surface area contributed by atoms with Crippen LogP contribution in [0.5, 0.6) is 0 Å². The van der Waals surface area contributed by atoms with Crippen LogP contribution < -0.4 is 10.2 Å². The lowest BCUT2D eigenvalue weighted by molar-refractivity contribution is -0.119. The second-order valence-electron chi connectivity index (χ2n) is 5.72. The van der Waals surface area contributed by atoms with Crippen molar-refractivity contribution in [3.63, 3.8) is 0 Å². The summed E-state index contributed by atoms with van der Waals surface area (Å²) >= 11 is 0. The van der Waals surface area contributed by atoms with E-state index >= 15 is 0 Å². The minimum Gasteiger partial charge on any atom is -0.381 e. The summed E-state index contributed by atoms with van der Waals surface area (Å²) in [4.78, 5) is 23.4. The van der Waals surface area contributed by atoms with Crippen LogP contribution in [0.2, 0.25) is 0 Å². The maximum atomic E-state index is 12.2. The van der Waals surface area contributed by atoms with Gasteiger partial charge in [-0.05, 0) is 20.3 Å². The zero-order valence-electron chi connectivity index (χ0n) is 13.1. The van der Waals surface area contributed by atoms with Crippen molar-refractivity contribution >= 4 is 17.5 Å². The van der Waals surface area contributed by atoms with Gasteiger partial charge in [0.25, 0.3) is 0 Å². The van der Waals surface area contributed by atoms with Gasteiger partial charge in [0.2, 0.25) is 11.9 Å². The number of morpholine rings is 1. The van der Waals surface area contributed by atoms with E-state index in [9.17, 15) is 4.79 Å². The molecule has 0 spiro atoms. The first-order valence-corrected chi connectivity index (χ1v) is 7.71. The van der Waals surface area contributed by atoms with Crippen LogP contribution in [0, 0.1) is 19.8 Å². The number of rotatable bonds is 3. The average molecular weight is 306 g/mol. The van der Waals surface area contributed by atoms with Crippen molar-refractivity contribution in [2.75, 3.05) is 49.7 Å². The number of hydrogen-bond donors (Lipinski definition) is 1. The van der Waals surface area contributed by atoms with Gasteiger partial charge in [0, 0.05) is 19.7 Å². The zero-order valence-corrected chi connectivity index (χ0v) is 13.1. The van der Waals surface area contributed by atoms with Crippen LogP contribution in [0.3, 0.4) is 0 Å². The van der Waals surface area contributed by atoms with Crippen LogP contribution in [0.4, 0.5) is 11.6 Å². The summed E-state index contributed by atoms with van der Waals surface area (Å²) in [5.41, 5.74) is 2.30. The van der Waals surface area contributed by atoms with Crippen LogP contribution in [0.15, 0.2) is 0 Å². The Labute approximate surface area is 130 Å². The number of carbonyl (C=O) groups excluding carboxylic acids is 1. The van der Waals surface area contributed by atoms with E-state index in [4.69, 9.17) is 9.47 Å². The second kappa shape index (κ2) is 6.58. The van der Waals surface area contributed by atoms with Crippen LogP contribution in [-0.4, -0.2) is 55.4 Å². The molecule has 2 aliphatic heterocycles. The maximum Gasteiger partial charge on any atom is 0.230 e.